The summed E-state index contributed by atoms with van der Waals surface area (Å²) in [6, 6.07) is 7.67. The molecule has 0 heterocycles. The van der Waals surface area contributed by atoms with E-state index in [-0.39, 0.29) is 5.69 Å². The van der Waals surface area contributed by atoms with E-state index in [0.717, 1.165) is 0 Å². The predicted octanol–water partition coefficient (Wildman–Crippen LogP) is 2.51. The molecule has 0 bridgehead atoms. The maximum absolute atomic E-state index is 12.0. The van der Waals surface area contributed by atoms with Crippen LogP contribution >= 0.6 is 0 Å². The summed E-state index contributed by atoms with van der Waals surface area (Å²) in [4.78, 5) is 10.6. The lowest BCUT2D eigenvalue weighted by atomic mass is 10.2. The number of nitriles is 1. The Morgan fingerprint density at radius 1 is 1.22 bits per heavy atom. The van der Waals surface area contributed by atoms with E-state index in [9.17, 15) is 18.0 Å². The number of alkyl halides is 3. The van der Waals surface area contributed by atoms with E-state index in [1.807, 2.05) is 6.07 Å². The van der Waals surface area contributed by atoms with Gasteiger partial charge in [0.25, 0.3) is 0 Å². The molecule has 4 nitrogen and oxygen atoms in total. The molecule has 1 aromatic carbocycles. The highest BCUT2D eigenvalue weighted by Gasteiger charge is 2.38. The zero-order valence-corrected chi connectivity index (χ0v) is 9.21. The minimum Gasteiger partial charge on any atom is -0.384 e. The van der Waals surface area contributed by atoms with E-state index in [0.29, 0.717) is 18.7 Å². The van der Waals surface area contributed by atoms with Crippen LogP contribution in [0.15, 0.2) is 24.3 Å². The average molecular weight is 257 g/mol. The summed E-state index contributed by atoms with van der Waals surface area (Å²) in [6.45, 7) is 0.449. The van der Waals surface area contributed by atoms with E-state index >= 15 is 0 Å². The molecule has 1 aromatic rings. The van der Waals surface area contributed by atoms with E-state index < -0.39 is 12.1 Å². The van der Waals surface area contributed by atoms with Gasteiger partial charge in [-0.3, -0.25) is 4.79 Å². The fraction of sp³-hybridized carbons (Fsp3) is 0.273. The molecule has 0 aromatic heterocycles. The van der Waals surface area contributed by atoms with Crippen LogP contribution in [-0.2, 0) is 4.79 Å². The Bertz CT molecular complexity index is 448. The van der Waals surface area contributed by atoms with Gasteiger partial charge >= 0.3 is 12.1 Å². The molecule has 1 rings (SSSR count). The van der Waals surface area contributed by atoms with Crippen LogP contribution in [-0.4, -0.2) is 18.6 Å². The Kier molecular flexibility index (Phi) is 4.54. The second kappa shape index (κ2) is 5.91. The molecule has 2 N–H and O–H groups in total. The van der Waals surface area contributed by atoms with Crippen LogP contribution in [0.3, 0.4) is 0 Å². The number of halogens is 3. The first-order valence-electron chi connectivity index (χ1n) is 5.02. The van der Waals surface area contributed by atoms with Crippen molar-refractivity contribution >= 4 is 17.3 Å². The Morgan fingerprint density at radius 3 is 2.28 bits per heavy atom. The normalized spacial score (nSPS) is 10.6. The SMILES string of the molecule is N#CCCNc1ccc(NC(=O)C(F)(F)F)cc1. The Balaban J connectivity index is 2.56. The van der Waals surface area contributed by atoms with Gasteiger partial charge in [-0.1, -0.05) is 0 Å². The summed E-state index contributed by atoms with van der Waals surface area (Å²) < 4.78 is 35.9. The van der Waals surface area contributed by atoms with Crippen LogP contribution in [0.2, 0.25) is 0 Å². The molecular weight excluding hydrogens is 247 g/mol. The molecule has 0 atom stereocenters. The number of rotatable bonds is 4. The molecule has 7 heteroatoms. The summed E-state index contributed by atoms with van der Waals surface area (Å²) in [6.07, 6.45) is -4.57. The van der Waals surface area contributed by atoms with Gasteiger partial charge in [0.05, 0.1) is 12.5 Å². The molecule has 0 fully saturated rings. The first-order chi connectivity index (χ1) is 8.43. The van der Waals surface area contributed by atoms with Gasteiger partial charge in [-0.05, 0) is 24.3 Å². The minimum atomic E-state index is -4.90. The lowest BCUT2D eigenvalue weighted by Gasteiger charge is -2.09. The van der Waals surface area contributed by atoms with Crippen LogP contribution in [0, 0.1) is 11.3 Å². The second-order valence-electron chi connectivity index (χ2n) is 3.36. The quantitative estimate of drug-likeness (QED) is 0.814. The number of benzene rings is 1. The predicted molar refractivity (Wildman–Crippen MR) is 59.8 cm³/mol. The molecule has 0 aliphatic heterocycles. The topological polar surface area (TPSA) is 64.9 Å². The molecule has 1 amide bonds. The van der Waals surface area contributed by atoms with Gasteiger partial charge in [0.1, 0.15) is 0 Å². The van der Waals surface area contributed by atoms with Crippen LogP contribution in [0.4, 0.5) is 24.5 Å². The standard InChI is InChI=1S/C11H10F3N3O/c12-11(13,14)10(18)17-9-4-2-8(3-5-9)16-7-1-6-15/h2-5,16H,1,7H2,(H,17,18). The third-order valence-electron chi connectivity index (χ3n) is 1.97. The van der Waals surface area contributed by atoms with E-state index in [1.54, 1.807) is 5.32 Å². The summed E-state index contributed by atoms with van der Waals surface area (Å²) in [7, 11) is 0. The second-order valence-corrected chi connectivity index (χ2v) is 3.36. The molecule has 0 aliphatic carbocycles. The maximum atomic E-state index is 12.0. The number of nitrogens with one attached hydrogen (secondary N) is 2. The first kappa shape index (κ1) is 13.8. The smallest absolute Gasteiger partial charge is 0.384 e. The average Bonchev–Trinajstić information content (AvgIpc) is 2.30. The number of hydrogen-bond acceptors (Lipinski definition) is 3. The highest BCUT2D eigenvalue weighted by atomic mass is 19.4. The fourth-order valence-electron chi connectivity index (χ4n) is 1.14. The third-order valence-corrected chi connectivity index (χ3v) is 1.97. The van der Waals surface area contributed by atoms with Crippen molar-refractivity contribution in [1.29, 1.82) is 5.26 Å². The van der Waals surface area contributed by atoms with Crippen molar-refractivity contribution in [1.82, 2.24) is 0 Å². The number of amides is 1. The van der Waals surface area contributed by atoms with Crippen molar-refractivity contribution in [3.63, 3.8) is 0 Å². The molecule has 0 saturated heterocycles. The van der Waals surface area contributed by atoms with Gasteiger partial charge in [-0.2, -0.15) is 18.4 Å². The van der Waals surface area contributed by atoms with Gasteiger partial charge in [0.2, 0.25) is 0 Å². The summed E-state index contributed by atoms with van der Waals surface area (Å²) in [5.74, 6) is -2.01. The molecule has 0 unspecified atom stereocenters. The first-order valence-corrected chi connectivity index (χ1v) is 5.02. The van der Waals surface area contributed by atoms with Crippen molar-refractivity contribution in [3.05, 3.63) is 24.3 Å². The van der Waals surface area contributed by atoms with Crippen LogP contribution < -0.4 is 10.6 Å². The van der Waals surface area contributed by atoms with Gasteiger partial charge in [0, 0.05) is 17.9 Å². The maximum Gasteiger partial charge on any atom is 0.471 e. The fourth-order valence-corrected chi connectivity index (χ4v) is 1.14. The summed E-state index contributed by atoms with van der Waals surface area (Å²) in [5, 5.41) is 13.0. The highest BCUT2D eigenvalue weighted by molar-refractivity contribution is 5.95. The Hall–Kier alpha value is -2.23. The van der Waals surface area contributed by atoms with Crippen molar-refractivity contribution in [3.8, 4) is 6.07 Å². The number of hydrogen-bond donors (Lipinski definition) is 2. The van der Waals surface area contributed by atoms with Crippen LogP contribution in [0.5, 0.6) is 0 Å². The van der Waals surface area contributed by atoms with Gasteiger partial charge in [0.15, 0.2) is 0 Å². The summed E-state index contributed by atoms with van der Waals surface area (Å²) >= 11 is 0. The van der Waals surface area contributed by atoms with Crippen molar-refractivity contribution in [2.24, 2.45) is 0 Å². The lowest BCUT2D eigenvalue weighted by Crippen LogP contribution is -2.29. The van der Waals surface area contributed by atoms with E-state index in [1.165, 1.54) is 24.3 Å². The number of nitrogens with zero attached hydrogens (tertiary/aromatic N) is 1. The highest BCUT2D eigenvalue weighted by Crippen LogP contribution is 2.19. The van der Waals surface area contributed by atoms with E-state index in [4.69, 9.17) is 5.26 Å². The van der Waals surface area contributed by atoms with Crippen molar-refractivity contribution in [2.45, 2.75) is 12.6 Å². The van der Waals surface area contributed by atoms with Gasteiger partial charge in [-0.15, -0.1) is 0 Å². The molecule has 0 spiro atoms. The lowest BCUT2D eigenvalue weighted by molar-refractivity contribution is -0.167. The molecule has 96 valence electrons. The zero-order chi connectivity index (χ0) is 13.6. The molecule has 18 heavy (non-hydrogen) atoms. The Morgan fingerprint density at radius 2 is 1.78 bits per heavy atom. The molecule has 0 radical (unpaired) electrons. The van der Waals surface area contributed by atoms with Gasteiger partial charge < -0.3 is 10.6 Å². The monoisotopic (exact) mass is 257 g/mol. The molecule has 0 aliphatic rings. The van der Waals surface area contributed by atoms with E-state index in [2.05, 4.69) is 5.32 Å². The number of carbonyl (C=O) groups excluding carboxylic acids is 1. The van der Waals surface area contributed by atoms with Crippen molar-refractivity contribution in [2.75, 3.05) is 17.2 Å². The van der Waals surface area contributed by atoms with Gasteiger partial charge in [-0.25, -0.2) is 0 Å². The molecular formula is C11H10F3N3O. The van der Waals surface area contributed by atoms with Crippen LogP contribution in [0.25, 0.3) is 0 Å². The molecule has 0 saturated carbocycles. The Labute approximate surface area is 101 Å². The minimum absolute atomic E-state index is 0.0585. The van der Waals surface area contributed by atoms with Crippen LogP contribution in [0.1, 0.15) is 6.42 Å². The third kappa shape index (κ3) is 4.33. The number of anilines is 2. The summed E-state index contributed by atoms with van der Waals surface area (Å²) in [5.41, 5.74) is 0.721. The van der Waals surface area contributed by atoms with Crippen molar-refractivity contribution < 1.29 is 18.0 Å². The zero-order valence-electron chi connectivity index (χ0n) is 9.21. The number of carbonyl (C=O) groups is 1. The largest absolute Gasteiger partial charge is 0.471 e.